The minimum Gasteiger partial charge on any atom is -0.481 e. The predicted octanol–water partition coefficient (Wildman–Crippen LogP) is 4.26. The maximum Gasteiger partial charge on any atom is 0.303 e. The van der Waals surface area contributed by atoms with Crippen LogP contribution in [0.25, 0.3) is 0 Å². The fourth-order valence-electron chi connectivity index (χ4n) is 2.28. The summed E-state index contributed by atoms with van der Waals surface area (Å²) in [5.74, 6) is -0.635. The van der Waals surface area contributed by atoms with E-state index in [4.69, 9.17) is 5.11 Å². The van der Waals surface area contributed by atoms with Crippen LogP contribution in [0.5, 0.6) is 0 Å². The summed E-state index contributed by atoms with van der Waals surface area (Å²) in [5.41, 5.74) is 0. The topological polar surface area (TPSA) is 74.6 Å². The van der Waals surface area contributed by atoms with Gasteiger partial charge in [-0.3, -0.25) is 9.59 Å². The maximum atomic E-state index is 11.6. The van der Waals surface area contributed by atoms with E-state index in [0.717, 1.165) is 44.9 Å². The zero-order valence-electron chi connectivity index (χ0n) is 13.9. The molecule has 4 nitrogen and oxygen atoms in total. The van der Waals surface area contributed by atoms with Gasteiger partial charge in [0.15, 0.2) is 5.78 Å². The summed E-state index contributed by atoms with van der Waals surface area (Å²) in [7, 11) is 0. The van der Waals surface area contributed by atoms with Gasteiger partial charge in [-0.05, 0) is 25.3 Å². The van der Waals surface area contributed by atoms with Crippen molar-refractivity contribution in [2.75, 3.05) is 0 Å². The molecule has 0 bridgehead atoms. The van der Waals surface area contributed by atoms with Crippen LogP contribution in [0.4, 0.5) is 0 Å². The normalized spacial score (nSPS) is 12.6. The van der Waals surface area contributed by atoms with Crippen molar-refractivity contribution in [2.45, 2.75) is 90.1 Å². The summed E-state index contributed by atoms with van der Waals surface area (Å²) in [6, 6.07) is 0. The van der Waals surface area contributed by atoms with Gasteiger partial charge in [0.2, 0.25) is 0 Å². The number of aliphatic carboxylic acids is 1. The number of carboxylic acids is 1. The monoisotopic (exact) mass is 312 g/mol. The Kier molecular flexibility index (Phi) is 14.0. The van der Waals surface area contributed by atoms with Gasteiger partial charge in [0.1, 0.15) is 0 Å². The predicted molar refractivity (Wildman–Crippen MR) is 88.9 cm³/mol. The van der Waals surface area contributed by atoms with E-state index in [2.05, 4.69) is 6.92 Å². The third kappa shape index (κ3) is 15.2. The Morgan fingerprint density at radius 2 is 1.50 bits per heavy atom. The first kappa shape index (κ1) is 20.8. The molecule has 0 saturated heterocycles. The second-order valence-corrected chi connectivity index (χ2v) is 5.90. The molecular weight excluding hydrogens is 280 g/mol. The number of allylic oxidation sites excluding steroid dienone is 1. The van der Waals surface area contributed by atoms with Crippen molar-refractivity contribution >= 4 is 11.8 Å². The first-order valence-electron chi connectivity index (χ1n) is 8.67. The zero-order chi connectivity index (χ0) is 16.6. The molecule has 22 heavy (non-hydrogen) atoms. The SMILES string of the molecule is CCCCCCC(=O)/C=C/C(O)CCCCCCCC(=O)O. The minimum atomic E-state index is -0.736. The van der Waals surface area contributed by atoms with E-state index in [-0.39, 0.29) is 12.2 Å². The van der Waals surface area contributed by atoms with Crippen LogP contribution in [0.1, 0.15) is 84.0 Å². The Balaban J connectivity index is 3.51. The van der Waals surface area contributed by atoms with Crippen molar-refractivity contribution in [1.29, 1.82) is 0 Å². The number of carbonyl (C=O) groups excluding carboxylic acids is 1. The van der Waals surface area contributed by atoms with E-state index in [1.807, 2.05) is 0 Å². The summed E-state index contributed by atoms with van der Waals surface area (Å²) >= 11 is 0. The van der Waals surface area contributed by atoms with Gasteiger partial charge in [-0.1, -0.05) is 57.9 Å². The van der Waals surface area contributed by atoms with Crippen molar-refractivity contribution in [3.8, 4) is 0 Å². The van der Waals surface area contributed by atoms with E-state index in [1.54, 1.807) is 6.08 Å². The highest BCUT2D eigenvalue weighted by Crippen LogP contribution is 2.10. The molecular formula is C18H32O4. The molecule has 0 aliphatic rings. The Labute approximate surface area is 134 Å². The quantitative estimate of drug-likeness (QED) is 0.350. The summed E-state index contributed by atoms with van der Waals surface area (Å²) in [5, 5.41) is 18.3. The van der Waals surface area contributed by atoms with Crippen molar-refractivity contribution < 1.29 is 19.8 Å². The van der Waals surface area contributed by atoms with Gasteiger partial charge in [-0.25, -0.2) is 0 Å². The van der Waals surface area contributed by atoms with Gasteiger partial charge in [-0.2, -0.15) is 0 Å². The molecule has 0 radical (unpaired) electrons. The third-order valence-electron chi connectivity index (χ3n) is 3.67. The second-order valence-electron chi connectivity index (χ2n) is 5.90. The van der Waals surface area contributed by atoms with Crippen LogP contribution in [0.3, 0.4) is 0 Å². The number of ketones is 1. The van der Waals surface area contributed by atoms with E-state index in [1.165, 1.54) is 18.9 Å². The lowest BCUT2D eigenvalue weighted by molar-refractivity contribution is -0.137. The Bertz CT molecular complexity index is 323. The number of aliphatic hydroxyl groups is 1. The summed E-state index contributed by atoms with van der Waals surface area (Å²) in [6.45, 7) is 2.14. The lowest BCUT2D eigenvalue weighted by Crippen LogP contribution is -2.03. The van der Waals surface area contributed by atoms with Crippen LogP contribution in [0, 0.1) is 0 Å². The zero-order valence-corrected chi connectivity index (χ0v) is 13.9. The minimum absolute atomic E-state index is 0.101. The molecule has 2 N–H and O–H groups in total. The molecule has 0 aromatic rings. The lowest BCUT2D eigenvalue weighted by Gasteiger charge is -2.05. The van der Waals surface area contributed by atoms with E-state index < -0.39 is 12.1 Å². The average molecular weight is 312 g/mol. The molecule has 0 spiro atoms. The van der Waals surface area contributed by atoms with Crippen molar-refractivity contribution in [2.24, 2.45) is 0 Å². The highest BCUT2D eigenvalue weighted by molar-refractivity contribution is 5.89. The van der Waals surface area contributed by atoms with Crippen LogP contribution in [-0.4, -0.2) is 28.1 Å². The number of hydrogen-bond donors (Lipinski definition) is 2. The molecule has 0 fully saturated rings. The van der Waals surface area contributed by atoms with Crippen molar-refractivity contribution in [1.82, 2.24) is 0 Å². The molecule has 0 rings (SSSR count). The van der Waals surface area contributed by atoms with E-state index >= 15 is 0 Å². The number of carbonyl (C=O) groups is 2. The summed E-state index contributed by atoms with van der Waals surface area (Å²) < 4.78 is 0. The molecule has 0 saturated carbocycles. The van der Waals surface area contributed by atoms with Gasteiger partial charge in [0.05, 0.1) is 6.10 Å². The van der Waals surface area contributed by atoms with Crippen LogP contribution in [-0.2, 0) is 9.59 Å². The largest absolute Gasteiger partial charge is 0.481 e. The number of rotatable bonds is 15. The molecule has 1 unspecified atom stereocenters. The fraction of sp³-hybridized carbons (Fsp3) is 0.778. The highest BCUT2D eigenvalue weighted by Gasteiger charge is 2.02. The van der Waals surface area contributed by atoms with Gasteiger partial charge in [0.25, 0.3) is 0 Å². The van der Waals surface area contributed by atoms with Gasteiger partial charge in [0, 0.05) is 12.8 Å². The Morgan fingerprint density at radius 1 is 0.909 bits per heavy atom. The number of hydrogen-bond acceptors (Lipinski definition) is 3. The highest BCUT2D eigenvalue weighted by atomic mass is 16.4. The molecule has 0 aromatic heterocycles. The average Bonchev–Trinajstić information content (AvgIpc) is 2.48. The van der Waals surface area contributed by atoms with Crippen molar-refractivity contribution in [3.63, 3.8) is 0 Å². The van der Waals surface area contributed by atoms with E-state index in [0.29, 0.717) is 12.8 Å². The summed E-state index contributed by atoms with van der Waals surface area (Å²) in [6.07, 6.45) is 13.0. The van der Waals surface area contributed by atoms with Crippen LogP contribution in [0.15, 0.2) is 12.2 Å². The molecule has 0 amide bonds. The first-order chi connectivity index (χ1) is 10.6. The molecule has 1 atom stereocenters. The lowest BCUT2D eigenvalue weighted by atomic mass is 10.1. The molecule has 0 aliphatic heterocycles. The molecule has 0 aliphatic carbocycles. The Morgan fingerprint density at radius 3 is 2.18 bits per heavy atom. The molecule has 0 aromatic carbocycles. The van der Waals surface area contributed by atoms with Crippen LogP contribution >= 0.6 is 0 Å². The molecule has 4 heteroatoms. The van der Waals surface area contributed by atoms with Gasteiger partial charge >= 0.3 is 5.97 Å². The summed E-state index contributed by atoms with van der Waals surface area (Å²) in [4.78, 5) is 21.9. The van der Waals surface area contributed by atoms with Gasteiger partial charge < -0.3 is 10.2 Å². The second kappa shape index (κ2) is 14.8. The number of unbranched alkanes of at least 4 members (excludes halogenated alkanes) is 7. The number of carboxylic acid groups (broad SMARTS) is 1. The van der Waals surface area contributed by atoms with Crippen molar-refractivity contribution in [3.05, 3.63) is 12.2 Å². The van der Waals surface area contributed by atoms with Gasteiger partial charge in [-0.15, -0.1) is 0 Å². The third-order valence-corrected chi connectivity index (χ3v) is 3.67. The maximum absolute atomic E-state index is 11.6. The van der Waals surface area contributed by atoms with E-state index in [9.17, 15) is 14.7 Å². The smallest absolute Gasteiger partial charge is 0.303 e. The molecule has 0 heterocycles. The fourth-order valence-corrected chi connectivity index (χ4v) is 2.28. The number of aliphatic hydroxyl groups excluding tert-OH is 1. The Hall–Kier alpha value is -1.16. The standard InChI is InChI=1S/C18H32O4/c1-2-3-4-8-11-16(19)14-15-17(20)12-9-6-5-7-10-13-18(21)22/h14-15,17,20H,2-13H2,1H3,(H,21,22)/b15-14+. The molecule has 128 valence electrons. The van der Waals surface area contributed by atoms with Crippen LogP contribution < -0.4 is 0 Å². The first-order valence-corrected chi connectivity index (χ1v) is 8.67. The van der Waals surface area contributed by atoms with Crippen LogP contribution in [0.2, 0.25) is 0 Å².